The number of methoxy groups -OCH3 is 1. The maximum absolute atomic E-state index is 13.6. The third-order valence-corrected chi connectivity index (χ3v) is 7.44. The smallest absolute Gasteiger partial charge is 0.247 e. The van der Waals surface area contributed by atoms with Crippen LogP contribution in [0.5, 0.6) is 5.75 Å². The van der Waals surface area contributed by atoms with Crippen molar-refractivity contribution in [3.8, 4) is 5.75 Å². The lowest BCUT2D eigenvalue weighted by molar-refractivity contribution is -0.132. The molecule has 0 aromatic heterocycles. The highest BCUT2D eigenvalue weighted by Crippen LogP contribution is 2.30. The lowest BCUT2D eigenvalue weighted by atomic mass is 9.99. The van der Waals surface area contributed by atoms with Crippen LogP contribution in [0.3, 0.4) is 0 Å². The number of carbonyl (C=O) groups excluding carboxylic acids is 1. The Morgan fingerprint density at radius 1 is 1.17 bits per heavy atom. The maximum atomic E-state index is 13.6. The molecule has 1 aliphatic heterocycles. The van der Waals surface area contributed by atoms with Crippen LogP contribution in [0.15, 0.2) is 53.4 Å². The fourth-order valence-corrected chi connectivity index (χ4v) is 5.31. The molecule has 1 heterocycles. The summed E-state index contributed by atoms with van der Waals surface area (Å²) in [6.45, 7) is 3.31. The number of halogens is 1. The van der Waals surface area contributed by atoms with Gasteiger partial charge >= 0.3 is 0 Å². The van der Waals surface area contributed by atoms with E-state index in [9.17, 15) is 13.2 Å². The van der Waals surface area contributed by atoms with E-state index in [0.717, 1.165) is 18.4 Å². The topological polar surface area (TPSA) is 66.9 Å². The number of sulfonamides is 1. The molecule has 0 bridgehead atoms. The maximum Gasteiger partial charge on any atom is 0.247 e. The molecule has 1 fully saturated rings. The Labute approximate surface area is 183 Å². The Balaban J connectivity index is 1.92. The largest absolute Gasteiger partial charge is 0.495 e. The highest BCUT2D eigenvalue weighted by atomic mass is 35.5. The van der Waals surface area contributed by atoms with Gasteiger partial charge in [-0.15, -0.1) is 0 Å². The van der Waals surface area contributed by atoms with E-state index in [1.54, 1.807) is 11.0 Å². The number of hydrogen-bond acceptors (Lipinski definition) is 4. The van der Waals surface area contributed by atoms with Crippen molar-refractivity contribution in [3.63, 3.8) is 0 Å². The van der Waals surface area contributed by atoms with E-state index in [-0.39, 0.29) is 34.7 Å². The van der Waals surface area contributed by atoms with E-state index in [4.69, 9.17) is 16.3 Å². The second kappa shape index (κ2) is 9.81. The molecule has 6 nitrogen and oxygen atoms in total. The van der Waals surface area contributed by atoms with E-state index in [0.29, 0.717) is 19.0 Å². The molecule has 1 aliphatic rings. The van der Waals surface area contributed by atoms with Gasteiger partial charge in [0.1, 0.15) is 10.6 Å². The van der Waals surface area contributed by atoms with Crippen LogP contribution >= 0.6 is 11.6 Å². The Kier molecular flexibility index (Phi) is 7.39. The van der Waals surface area contributed by atoms with Gasteiger partial charge in [0, 0.05) is 24.7 Å². The first kappa shape index (κ1) is 22.6. The molecule has 3 rings (SSSR count). The van der Waals surface area contributed by atoms with Gasteiger partial charge in [-0.1, -0.05) is 48.9 Å². The summed E-state index contributed by atoms with van der Waals surface area (Å²) in [5.41, 5.74) is 0.794. The predicted molar refractivity (Wildman–Crippen MR) is 117 cm³/mol. The van der Waals surface area contributed by atoms with Crippen molar-refractivity contribution in [1.29, 1.82) is 0 Å². The van der Waals surface area contributed by atoms with Crippen LogP contribution in [0.2, 0.25) is 5.02 Å². The number of piperidine rings is 1. The Morgan fingerprint density at radius 3 is 2.47 bits per heavy atom. The Bertz CT molecular complexity index is 974. The highest BCUT2D eigenvalue weighted by Gasteiger charge is 2.32. The predicted octanol–water partition coefficient (Wildman–Crippen LogP) is 3.80. The number of ether oxygens (including phenoxy) is 1. The zero-order valence-electron chi connectivity index (χ0n) is 17.3. The van der Waals surface area contributed by atoms with Crippen molar-refractivity contribution in [1.82, 2.24) is 9.21 Å². The van der Waals surface area contributed by atoms with Gasteiger partial charge in [0.05, 0.1) is 13.7 Å². The summed E-state index contributed by atoms with van der Waals surface area (Å²) in [6.07, 6.45) is 1.86. The minimum atomic E-state index is -4.03. The normalized spacial score (nSPS) is 15.4. The van der Waals surface area contributed by atoms with Gasteiger partial charge in [-0.25, -0.2) is 8.42 Å². The SMILES string of the molecule is COc1ccc(Cl)cc1S(=O)(=O)N(CC(=O)N1CCC(C)CC1)Cc1ccccc1. The number of nitrogens with zero attached hydrogens (tertiary/aromatic N) is 2. The van der Waals surface area contributed by atoms with Gasteiger partial charge in [0.2, 0.25) is 15.9 Å². The van der Waals surface area contributed by atoms with Gasteiger partial charge < -0.3 is 9.64 Å². The van der Waals surface area contributed by atoms with Gasteiger partial charge in [0.25, 0.3) is 0 Å². The molecule has 0 atom stereocenters. The van der Waals surface area contributed by atoms with Gasteiger partial charge in [-0.05, 0) is 42.5 Å². The molecular weight excluding hydrogens is 424 g/mol. The molecule has 2 aromatic rings. The van der Waals surface area contributed by atoms with Crippen molar-refractivity contribution < 1.29 is 17.9 Å². The molecule has 0 aliphatic carbocycles. The van der Waals surface area contributed by atoms with E-state index in [2.05, 4.69) is 6.92 Å². The second-order valence-corrected chi connectivity index (χ2v) is 9.96. The minimum absolute atomic E-state index is 0.0477. The fraction of sp³-hybridized carbons (Fsp3) is 0.409. The summed E-state index contributed by atoms with van der Waals surface area (Å²) in [5.74, 6) is 0.577. The van der Waals surface area contributed by atoms with Crippen LogP contribution in [-0.2, 0) is 21.4 Å². The first-order chi connectivity index (χ1) is 14.3. The quantitative estimate of drug-likeness (QED) is 0.643. The number of benzene rings is 2. The number of likely N-dealkylation sites (tertiary alicyclic amines) is 1. The fourth-order valence-electron chi connectivity index (χ4n) is 3.51. The van der Waals surface area contributed by atoms with E-state index in [1.165, 1.54) is 23.5 Å². The zero-order valence-corrected chi connectivity index (χ0v) is 18.8. The van der Waals surface area contributed by atoms with Crippen LogP contribution in [0.1, 0.15) is 25.3 Å². The monoisotopic (exact) mass is 450 g/mol. The standard InChI is InChI=1S/C22H27ClN2O4S/c1-17-10-12-24(13-11-17)22(26)16-25(15-18-6-4-3-5-7-18)30(27,28)21-14-19(23)8-9-20(21)29-2/h3-9,14,17H,10-13,15-16H2,1-2H3. The second-order valence-electron chi connectivity index (χ2n) is 7.62. The first-order valence-corrected chi connectivity index (χ1v) is 11.8. The average molecular weight is 451 g/mol. The molecule has 0 spiro atoms. The summed E-state index contributed by atoms with van der Waals surface area (Å²) in [7, 11) is -2.63. The van der Waals surface area contributed by atoms with Crippen molar-refractivity contribution in [3.05, 3.63) is 59.1 Å². The van der Waals surface area contributed by atoms with Gasteiger partial charge in [0.15, 0.2) is 0 Å². The summed E-state index contributed by atoms with van der Waals surface area (Å²) in [6, 6.07) is 13.7. The number of rotatable bonds is 7. The van der Waals surface area contributed by atoms with Crippen LogP contribution in [-0.4, -0.2) is 50.3 Å². The van der Waals surface area contributed by atoms with E-state index in [1.807, 2.05) is 30.3 Å². The van der Waals surface area contributed by atoms with Crippen molar-refractivity contribution in [2.24, 2.45) is 5.92 Å². The van der Waals surface area contributed by atoms with Gasteiger partial charge in [-0.2, -0.15) is 4.31 Å². The zero-order chi connectivity index (χ0) is 21.7. The summed E-state index contributed by atoms with van der Waals surface area (Å²) in [5, 5.41) is 0.283. The van der Waals surface area contributed by atoms with Crippen molar-refractivity contribution in [2.45, 2.75) is 31.2 Å². The lowest BCUT2D eigenvalue weighted by Gasteiger charge is -2.32. The summed E-state index contributed by atoms with van der Waals surface area (Å²) < 4.78 is 33.6. The average Bonchev–Trinajstić information content (AvgIpc) is 2.74. The Hall–Kier alpha value is -2.09. The van der Waals surface area contributed by atoms with Gasteiger partial charge in [-0.3, -0.25) is 4.79 Å². The first-order valence-electron chi connectivity index (χ1n) is 9.96. The highest BCUT2D eigenvalue weighted by molar-refractivity contribution is 7.89. The van der Waals surface area contributed by atoms with Crippen molar-refractivity contribution in [2.75, 3.05) is 26.7 Å². The molecule has 0 N–H and O–H groups in total. The molecule has 30 heavy (non-hydrogen) atoms. The van der Waals surface area contributed by atoms with Crippen LogP contribution in [0, 0.1) is 5.92 Å². The molecule has 0 unspecified atom stereocenters. The molecule has 2 aromatic carbocycles. The lowest BCUT2D eigenvalue weighted by Crippen LogP contribution is -2.45. The number of amides is 1. The molecular formula is C22H27ClN2O4S. The van der Waals surface area contributed by atoms with Crippen LogP contribution < -0.4 is 4.74 Å². The molecule has 1 amide bonds. The third kappa shape index (κ3) is 5.33. The van der Waals surface area contributed by atoms with Crippen LogP contribution in [0.25, 0.3) is 0 Å². The third-order valence-electron chi connectivity index (χ3n) is 5.39. The number of carbonyl (C=O) groups is 1. The molecule has 0 radical (unpaired) electrons. The molecule has 162 valence electrons. The van der Waals surface area contributed by atoms with E-state index >= 15 is 0 Å². The molecule has 1 saturated heterocycles. The summed E-state index contributed by atoms with van der Waals surface area (Å²) in [4.78, 5) is 14.7. The number of hydrogen-bond donors (Lipinski definition) is 0. The van der Waals surface area contributed by atoms with E-state index < -0.39 is 10.0 Å². The minimum Gasteiger partial charge on any atom is -0.495 e. The van der Waals surface area contributed by atoms with Crippen LogP contribution in [0.4, 0.5) is 0 Å². The Morgan fingerprint density at radius 2 is 1.83 bits per heavy atom. The molecule has 8 heteroatoms. The summed E-state index contributed by atoms with van der Waals surface area (Å²) >= 11 is 6.07. The molecule has 0 saturated carbocycles. The van der Waals surface area contributed by atoms with Crippen molar-refractivity contribution >= 4 is 27.5 Å².